The minimum absolute atomic E-state index is 0.268. The van der Waals surface area contributed by atoms with E-state index in [1.54, 1.807) is 20.8 Å². The fraction of sp³-hybridized carbons (Fsp3) is 0.381. The molecule has 0 atom stereocenters. The number of hydrogen-bond donors (Lipinski definition) is 3. The van der Waals surface area contributed by atoms with Crippen molar-refractivity contribution in [2.24, 2.45) is 0 Å². The Morgan fingerprint density at radius 1 is 0.862 bits per heavy atom. The van der Waals surface area contributed by atoms with Crippen LogP contribution in [-0.2, 0) is 14.7 Å². The molecule has 2 rings (SSSR count). The summed E-state index contributed by atoms with van der Waals surface area (Å²) in [5, 5.41) is 6.56. The Morgan fingerprint density at radius 2 is 1.21 bits per heavy atom. The van der Waals surface area contributed by atoms with E-state index in [9.17, 15) is 13.0 Å². The molecule has 0 aliphatic rings. The molecule has 0 saturated carbocycles. The molecule has 3 N–H and O–H groups in total. The molecule has 2 aromatic carbocycles. The van der Waals surface area contributed by atoms with E-state index in [-0.39, 0.29) is 5.96 Å². The molecule has 0 fully saturated rings. The highest BCUT2D eigenvalue weighted by Gasteiger charge is 2.32. The van der Waals surface area contributed by atoms with Crippen LogP contribution in [0.3, 0.4) is 0 Å². The summed E-state index contributed by atoms with van der Waals surface area (Å²) in [7, 11) is -4.75. The predicted molar refractivity (Wildman–Crippen MR) is 117 cm³/mol. The van der Waals surface area contributed by atoms with Crippen LogP contribution in [-0.4, -0.2) is 29.2 Å². The Balaban J connectivity index is 2.72. The van der Waals surface area contributed by atoms with Crippen molar-refractivity contribution in [3.8, 4) is 0 Å². The summed E-state index contributed by atoms with van der Waals surface area (Å²) < 4.78 is 38.7. The first-order valence-corrected chi connectivity index (χ1v) is 10.7. The average Bonchev–Trinajstić information content (AvgIpc) is 2.56. The summed E-state index contributed by atoms with van der Waals surface area (Å²) in [4.78, 5) is 0. The molecule has 0 aromatic heterocycles. The number of rotatable bonds is 4. The van der Waals surface area contributed by atoms with Crippen LogP contribution < -0.4 is 10.6 Å². The molecular formula is C21H30N3O4S+. The van der Waals surface area contributed by atoms with Crippen molar-refractivity contribution in [1.29, 1.82) is 0 Å². The third kappa shape index (κ3) is 5.95. The van der Waals surface area contributed by atoms with Gasteiger partial charge < -0.3 is 0 Å². The third-order valence-corrected chi connectivity index (χ3v) is 4.77. The molecule has 8 heteroatoms. The van der Waals surface area contributed by atoms with Crippen LogP contribution in [0.2, 0.25) is 0 Å². The second-order valence-corrected chi connectivity index (χ2v) is 9.10. The van der Waals surface area contributed by atoms with Crippen LogP contribution in [0.15, 0.2) is 36.4 Å². The molecule has 0 radical (unpaired) electrons. The molecule has 0 amide bonds. The number of hydrogen-bond acceptors (Lipinski definition) is 3. The van der Waals surface area contributed by atoms with Crippen LogP contribution in [0.4, 0.5) is 11.4 Å². The van der Waals surface area contributed by atoms with Crippen molar-refractivity contribution in [2.75, 3.05) is 10.6 Å². The van der Waals surface area contributed by atoms with E-state index in [4.69, 9.17) is 4.28 Å². The second-order valence-electron chi connectivity index (χ2n) is 8.10. The maximum atomic E-state index is 11.6. The van der Waals surface area contributed by atoms with Crippen molar-refractivity contribution in [2.45, 2.75) is 54.0 Å². The Kier molecular flexibility index (Phi) is 6.60. The summed E-state index contributed by atoms with van der Waals surface area (Å²) in [6.45, 7) is 13.1. The Labute approximate surface area is 173 Å². The van der Waals surface area contributed by atoms with Gasteiger partial charge in [0.1, 0.15) is 16.9 Å². The third-order valence-electron chi connectivity index (χ3n) is 4.43. The molecule has 2 aromatic rings. The maximum Gasteiger partial charge on any atom is 0.476 e. The standard InChI is InChI=1S/C21H29N3O4S/c1-14-10-8-11-15(2)18(14)22-20(23-19-16(3)12-9-13-17(19)4)24(21(5,6)7)28-29(25,26)27/h8-13H,1-7H3,(H2,22,23,25,26,27)/p+1. The van der Waals surface area contributed by atoms with E-state index in [2.05, 4.69) is 10.6 Å². The molecule has 0 unspecified atom stereocenters. The monoisotopic (exact) mass is 420 g/mol. The van der Waals surface area contributed by atoms with Crippen molar-refractivity contribution < 1.29 is 22.0 Å². The van der Waals surface area contributed by atoms with Crippen molar-refractivity contribution in [3.05, 3.63) is 58.7 Å². The van der Waals surface area contributed by atoms with Gasteiger partial charge in [-0.1, -0.05) is 41.1 Å². The number of aryl methyl sites for hydroxylation is 4. The zero-order chi connectivity index (χ0) is 22.0. The van der Waals surface area contributed by atoms with Gasteiger partial charge in [0.2, 0.25) is 0 Å². The van der Waals surface area contributed by atoms with E-state index in [0.717, 1.165) is 38.4 Å². The molecule has 7 nitrogen and oxygen atoms in total. The summed E-state index contributed by atoms with van der Waals surface area (Å²) >= 11 is 0. The maximum absolute atomic E-state index is 11.6. The lowest BCUT2D eigenvalue weighted by atomic mass is 10.1. The largest absolute Gasteiger partial charge is 0.476 e. The summed E-state index contributed by atoms with van der Waals surface area (Å²) in [6, 6.07) is 11.7. The van der Waals surface area contributed by atoms with Crippen LogP contribution in [0, 0.1) is 27.7 Å². The van der Waals surface area contributed by atoms with Gasteiger partial charge in [-0.05, 0) is 70.7 Å². The second kappa shape index (κ2) is 8.42. The first kappa shape index (κ1) is 22.7. The fourth-order valence-electron chi connectivity index (χ4n) is 2.97. The number of para-hydroxylation sites is 2. The fourth-order valence-corrected chi connectivity index (χ4v) is 3.46. The van der Waals surface area contributed by atoms with Gasteiger partial charge in [-0.25, -0.2) is 14.9 Å². The molecule has 0 heterocycles. The zero-order valence-electron chi connectivity index (χ0n) is 18.0. The molecule has 0 spiro atoms. The van der Waals surface area contributed by atoms with Gasteiger partial charge in [0.25, 0.3) is 0 Å². The summed E-state index contributed by atoms with van der Waals surface area (Å²) in [5.41, 5.74) is 4.73. The SMILES string of the molecule is Cc1cccc(C)c1NC(Nc1c(C)cccc1C)=[N+](OS(=O)(=O)O)C(C)(C)C. The van der Waals surface area contributed by atoms with Gasteiger partial charge in [0.05, 0.1) is 0 Å². The van der Waals surface area contributed by atoms with Gasteiger partial charge in [-0.2, -0.15) is 8.42 Å². The lowest BCUT2D eigenvalue weighted by molar-refractivity contribution is -0.793. The molecule has 158 valence electrons. The summed E-state index contributed by atoms with van der Waals surface area (Å²) in [5.74, 6) is 0.268. The average molecular weight is 421 g/mol. The van der Waals surface area contributed by atoms with Crippen LogP contribution in [0.25, 0.3) is 0 Å². The smallest absolute Gasteiger partial charge is 0.252 e. The minimum atomic E-state index is -4.75. The number of anilines is 2. The first-order chi connectivity index (χ1) is 13.3. The number of nitrogens with zero attached hydrogens (tertiary/aromatic N) is 1. The normalized spacial score (nSPS) is 11.7. The van der Waals surface area contributed by atoms with Crippen LogP contribution >= 0.6 is 0 Å². The topological polar surface area (TPSA) is 90.7 Å². The van der Waals surface area contributed by atoms with Gasteiger partial charge in [-0.15, -0.1) is 0 Å². The number of guanidine groups is 1. The van der Waals surface area contributed by atoms with Gasteiger partial charge in [0, 0.05) is 0 Å². The predicted octanol–water partition coefficient (Wildman–Crippen LogP) is 4.35. The number of benzene rings is 2. The molecule has 0 aliphatic carbocycles. The van der Waals surface area contributed by atoms with E-state index in [1.807, 2.05) is 64.1 Å². The zero-order valence-corrected chi connectivity index (χ0v) is 18.8. The highest BCUT2D eigenvalue weighted by molar-refractivity contribution is 7.80. The van der Waals surface area contributed by atoms with E-state index in [0.29, 0.717) is 0 Å². The Morgan fingerprint density at radius 3 is 1.48 bits per heavy atom. The van der Waals surface area contributed by atoms with Crippen LogP contribution in [0.1, 0.15) is 43.0 Å². The lowest BCUT2D eigenvalue weighted by Gasteiger charge is -2.23. The lowest BCUT2D eigenvalue weighted by Crippen LogP contribution is -2.45. The van der Waals surface area contributed by atoms with Crippen LogP contribution in [0.5, 0.6) is 0 Å². The van der Waals surface area contributed by atoms with E-state index >= 15 is 0 Å². The quantitative estimate of drug-likeness (QED) is 0.224. The molecule has 0 bridgehead atoms. The molecule has 0 aliphatic heterocycles. The Bertz CT molecular complexity index is 942. The Hall–Kier alpha value is -2.58. The molecule has 29 heavy (non-hydrogen) atoms. The highest BCUT2D eigenvalue weighted by atomic mass is 32.3. The van der Waals surface area contributed by atoms with Gasteiger partial charge >= 0.3 is 16.4 Å². The number of nitrogens with one attached hydrogen (secondary N) is 2. The minimum Gasteiger partial charge on any atom is -0.252 e. The first-order valence-electron chi connectivity index (χ1n) is 9.30. The van der Waals surface area contributed by atoms with Gasteiger partial charge in [0.15, 0.2) is 0 Å². The van der Waals surface area contributed by atoms with Crippen molar-refractivity contribution >= 4 is 27.7 Å². The molecule has 0 saturated heterocycles. The van der Waals surface area contributed by atoms with Crippen molar-refractivity contribution in [3.63, 3.8) is 0 Å². The highest BCUT2D eigenvalue weighted by Crippen LogP contribution is 2.24. The van der Waals surface area contributed by atoms with Crippen molar-refractivity contribution in [1.82, 2.24) is 0 Å². The van der Waals surface area contributed by atoms with E-state index < -0.39 is 15.9 Å². The summed E-state index contributed by atoms with van der Waals surface area (Å²) in [6.07, 6.45) is 0. The number of hydroxylamine groups is 1. The molecular weight excluding hydrogens is 390 g/mol. The van der Waals surface area contributed by atoms with Gasteiger partial charge in [-0.3, -0.25) is 4.55 Å². The van der Waals surface area contributed by atoms with E-state index in [1.165, 1.54) is 0 Å².